The van der Waals surface area contributed by atoms with E-state index in [0.29, 0.717) is 5.75 Å². The van der Waals surface area contributed by atoms with Gasteiger partial charge in [-0.25, -0.2) is 4.39 Å². The van der Waals surface area contributed by atoms with E-state index >= 15 is 0 Å². The van der Waals surface area contributed by atoms with E-state index in [4.69, 9.17) is 4.74 Å². The molecule has 0 bridgehead atoms. The Morgan fingerprint density at radius 2 is 1.86 bits per heavy atom. The van der Waals surface area contributed by atoms with Gasteiger partial charge in [-0.2, -0.15) is 0 Å². The second-order valence-corrected chi connectivity index (χ2v) is 6.03. The molecule has 21 heavy (non-hydrogen) atoms. The molecule has 0 radical (unpaired) electrons. The topological polar surface area (TPSA) is 38.3 Å². The number of carbonyl (C=O) groups is 1. The predicted molar refractivity (Wildman–Crippen MR) is 89.2 cm³/mol. The summed E-state index contributed by atoms with van der Waals surface area (Å²) in [4.78, 5) is 11.8. The van der Waals surface area contributed by atoms with Gasteiger partial charge in [-0.3, -0.25) is 4.79 Å². The van der Waals surface area contributed by atoms with Crippen LogP contribution in [0.4, 0.5) is 10.1 Å². The molecule has 0 aliphatic heterocycles. The third-order valence-electron chi connectivity index (χ3n) is 2.77. The molecule has 0 fully saturated rings. The van der Waals surface area contributed by atoms with Crippen LogP contribution in [0.3, 0.4) is 0 Å². The zero-order valence-corrected chi connectivity index (χ0v) is 13.9. The van der Waals surface area contributed by atoms with Crippen LogP contribution < -0.4 is 10.1 Å². The van der Waals surface area contributed by atoms with Crippen molar-refractivity contribution >= 4 is 34.2 Å². The Bertz CT molecular complexity index is 653. The van der Waals surface area contributed by atoms with Crippen LogP contribution in [0.25, 0.3) is 0 Å². The highest BCUT2D eigenvalue weighted by Crippen LogP contribution is 2.18. The van der Waals surface area contributed by atoms with Crippen molar-refractivity contribution in [3.8, 4) is 5.75 Å². The van der Waals surface area contributed by atoms with E-state index in [9.17, 15) is 9.18 Å². The summed E-state index contributed by atoms with van der Waals surface area (Å²) in [5.74, 6) is -0.221. The molecule has 0 heterocycles. The van der Waals surface area contributed by atoms with E-state index in [2.05, 4.69) is 5.32 Å². The summed E-state index contributed by atoms with van der Waals surface area (Å²) >= 11 is 2.01. The van der Waals surface area contributed by atoms with Crippen LogP contribution in [0.15, 0.2) is 36.4 Å². The number of carbonyl (C=O) groups excluding carboxylic acids is 1. The minimum absolute atomic E-state index is 0.157. The fraction of sp³-hybridized carbons (Fsp3) is 0.188. The summed E-state index contributed by atoms with van der Waals surface area (Å²) in [5.41, 5.74) is 2.28. The molecule has 0 atom stereocenters. The van der Waals surface area contributed by atoms with Crippen molar-refractivity contribution in [2.75, 3.05) is 11.9 Å². The average Bonchev–Trinajstić information content (AvgIpc) is 2.39. The van der Waals surface area contributed by atoms with Crippen molar-refractivity contribution in [2.24, 2.45) is 0 Å². The molecule has 0 unspecified atom stereocenters. The first kappa shape index (κ1) is 15.8. The Hall–Kier alpha value is -1.63. The summed E-state index contributed by atoms with van der Waals surface area (Å²) in [7, 11) is 0. The van der Waals surface area contributed by atoms with E-state index in [1.54, 1.807) is 6.07 Å². The molecular formula is C16H15FINO2. The number of nitrogens with one attached hydrogen (secondary N) is 1. The van der Waals surface area contributed by atoms with Gasteiger partial charge in [0.15, 0.2) is 6.61 Å². The molecule has 0 aliphatic carbocycles. The third-order valence-corrected chi connectivity index (χ3v) is 3.44. The van der Waals surface area contributed by atoms with Crippen molar-refractivity contribution in [3.05, 3.63) is 56.9 Å². The fourth-order valence-corrected chi connectivity index (χ4v) is 2.40. The Balaban J connectivity index is 1.95. The third kappa shape index (κ3) is 4.70. The Morgan fingerprint density at radius 3 is 2.48 bits per heavy atom. The van der Waals surface area contributed by atoms with Gasteiger partial charge in [0.25, 0.3) is 5.91 Å². The minimum Gasteiger partial charge on any atom is -0.484 e. The zero-order valence-electron chi connectivity index (χ0n) is 11.7. The highest BCUT2D eigenvalue weighted by molar-refractivity contribution is 14.1. The normalized spacial score (nSPS) is 10.3. The van der Waals surface area contributed by atoms with Crippen LogP contribution in [0.2, 0.25) is 0 Å². The number of rotatable bonds is 4. The Morgan fingerprint density at radius 1 is 1.19 bits per heavy atom. The maximum absolute atomic E-state index is 13.6. The van der Waals surface area contributed by atoms with Crippen LogP contribution in [0.1, 0.15) is 11.1 Å². The van der Waals surface area contributed by atoms with Crippen LogP contribution in [0, 0.1) is 23.2 Å². The van der Waals surface area contributed by atoms with Gasteiger partial charge in [-0.05, 0) is 77.9 Å². The molecule has 5 heteroatoms. The average molecular weight is 399 g/mol. The van der Waals surface area contributed by atoms with Crippen LogP contribution >= 0.6 is 22.6 Å². The molecule has 0 saturated carbocycles. The molecule has 0 aromatic heterocycles. The first-order chi connectivity index (χ1) is 9.94. The molecule has 2 rings (SSSR count). The fourth-order valence-electron chi connectivity index (χ4n) is 1.94. The smallest absolute Gasteiger partial charge is 0.262 e. The number of benzene rings is 2. The molecule has 0 saturated heterocycles. The molecule has 2 aromatic carbocycles. The Kier molecular flexibility index (Phi) is 5.17. The number of anilines is 1. The molecule has 2 aromatic rings. The van der Waals surface area contributed by atoms with Crippen LogP contribution in [-0.2, 0) is 4.79 Å². The summed E-state index contributed by atoms with van der Waals surface area (Å²) in [6.45, 7) is 3.76. The standard InChI is InChI=1S/C16H15FINO2/c1-10-5-11(2)7-13(6-10)21-9-16(20)19-15-4-3-12(18)8-14(15)17/h3-8H,9H2,1-2H3,(H,19,20). The largest absolute Gasteiger partial charge is 0.484 e. The Labute approximate surface area is 136 Å². The van der Waals surface area contributed by atoms with Gasteiger partial charge in [0.05, 0.1) is 5.69 Å². The number of amides is 1. The lowest BCUT2D eigenvalue weighted by Gasteiger charge is -2.09. The molecule has 1 N–H and O–H groups in total. The summed E-state index contributed by atoms with van der Waals surface area (Å²) in [5, 5.41) is 2.49. The maximum atomic E-state index is 13.6. The summed E-state index contributed by atoms with van der Waals surface area (Å²) in [6.07, 6.45) is 0. The highest BCUT2D eigenvalue weighted by Gasteiger charge is 2.08. The first-order valence-electron chi connectivity index (χ1n) is 6.40. The predicted octanol–water partition coefficient (Wildman–Crippen LogP) is 4.06. The van der Waals surface area contributed by atoms with Gasteiger partial charge in [-0.15, -0.1) is 0 Å². The molecule has 3 nitrogen and oxygen atoms in total. The SMILES string of the molecule is Cc1cc(C)cc(OCC(=O)Nc2ccc(I)cc2F)c1. The maximum Gasteiger partial charge on any atom is 0.262 e. The van der Waals surface area contributed by atoms with Crippen molar-refractivity contribution in [3.63, 3.8) is 0 Å². The van der Waals surface area contributed by atoms with Crippen molar-refractivity contribution < 1.29 is 13.9 Å². The molecular weight excluding hydrogens is 384 g/mol. The van der Waals surface area contributed by atoms with Gasteiger partial charge in [0.1, 0.15) is 11.6 Å². The molecule has 110 valence electrons. The lowest BCUT2D eigenvalue weighted by atomic mass is 10.1. The number of ether oxygens (including phenoxy) is 1. The second kappa shape index (κ2) is 6.89. The number of hydrogen-bond donors (Lipinski definition) is 1. The van der Waals surface area contributed by atoms with Gasteiger partial charge < -0.3 is 10.1 Å². The second-order valence-electron chi connectivity index (χ2n) is 4.78. The lowest BCUT2D eigenvalue weighted by Crippen LogP contribution is -2.20. The van der Waals surface area contributed by atoms with Gasteiger partial charge in [-0.1, -0.05) is 6.07 Å². The monoisotopic (exact) mass is 399 g/mol. The van der Waals surface area contributed by atoms with Crippen LogP contribution in [-0.4, -0.2) is 12.5 Å². The molecule has 0 aliphatic rings. The van der Waals surface area contributed by atoms with Gasteiger partial charge in [0, 0.05) is 3.57 Å². The lowest BCUT2D eigenvalue weighted by molar-refractivity contribution is -0.118. The minimum atomic E-state index is -0.457. The first-order valence-corrected chi connectivity index (χ1v) is 7.48. The number of aryl methyl sites for hydroxylation is 2. The summed E-state index contributed by atoms with van der Waals surface area (Å²) in [6, 6.07) is 10.3. The van der Waals surface area contributed by atoms with Gasteiger partial charge in [0.2, 0.25) is 0 Å². The zero-order chi connectivity index (χ0) is 15.4. The van der Waals surface area contributed by atoms with E-state index in [0.717, 1.165) is 14.7 Å². The van der Waals surface area contributed by atoms with Crippen molar-refractivity contribution in [1.29, 1.82) is 0 Å². The van der Waals surface area contributed by atoms with E-state index in [1.165, 1.54) is 12.1 Å². The van der Waals surface area contributed by atoms with Crippen LogP contribution in [0.5, 0.6) is 5.75 Å². The number of hydrogen-bond acceptors (Lipinski definition) is 2. The van der Waals surface area contributed by atoms with Crippen molar-refractivity contribution in [1.82, 2.24) is 0 Å². The summed E-state index contributed by atoms with van der Waals surface area (Å²) < 4.78 is 19.8. The van der Waals surface area contributed by atoms with E-state index in [1.807, 2.05) is 54.6 Å². The highest BCUT2D eigenvalue weighted by atomic mass is 127. The van der Waals surface area contributed by atoms with E-state index in [-0.39, 0.29) is 12.3 Å². The molecule has 1 amide bonds. The number of halogens is 2. The van der Waals surface area contributed by atoms with Crippen molar-refractivity contribution in [2.45, 2.75) is 13.8 Å². The quantitative estimate of drug-likeness (QED) is 0.788. The van der Waals surface area contributed by atoms with E-state index < -0.39 is 11.7 Å². The van der Waals surface area contributed by atoms with Gasteiger partial charge >= 0.3 is 0 Å². The molecule has 0 spiro atoms.